The minimum atomic E-state index is -0.268. The van der Waals surface area contributed by atoms with Crippen LogP contribution in [0.4, 0.5) is 4.39 Å². The minimum Gasteiger partial charge on any atom is -0.469 e. The van der Waals surface area contributed by atoms with Crippen LogP contribution in [0.1, 0.15) is 37.3 Å². The predicted octanol–water partition coefficient (Wildman–Crippen LogP) is 2.03. The Bertz CT molecular complexity index is 533. The summed E-state index contributed by atoms with van der Waals surface area (Å²) in [7, 11) is 1.35. The summed E-state index contributed by atoms with van der Waals surface area (Å²) in [6.07, 6.45) is 2.87. The molecular weight excluding hydrogens is 299 g/mol. The zero-order valence-electron chi connectivity index (χ0n) is 13.4. The third-order valence-electron chi connectivity index (χ3n) is 4.07. The first-order valence-corrected chi connectivity index (χ1v) is 7.93. The van der Waals surface area contributed by atoms with Gasteiger partial charge in [0.15, 0.2) is 0 Å². The molecule has 1 amide bonds. The van der Waals surface area contributed by atoms with E-state index in [-0.39, 0.29) is 23.7 Å². The van der Waals surface area contributed by atoms with Crippen LogP contribution < -0.4 is 5.32 Å². The number of nitrogens with one attached hydrogen (secondary N) is 1. The number of carbonyl (C=O) groups is 2. The van der Waals surface area contributed by atoms with Crippen LogP contribution in [0, 0.1) is 5.82 Å². The zero-order valence-corrected chi connectivity index (χ0v) is 13.4. The van der Waals surface area contributed by atoms with Gasteiger partial charge in [0.2, 0.25) is 5.91 Å². The van der Waals surface area contributed by atoms with Crippen molar-refractivity contribution in [2.75, 3.05) is 26.7 Å². The lowest BCUT2D eigenvalue weighted by molar-refractivity contribution is -0.140. The number of nitrogens with zero attached hydrogens (tertiary/aromatic N) is 1. The highest BCUT2D eigenvalue weighted by molar-refractivity contribution is 5.78. The van der Waals surface area contributed by atoms with E-state index < -0.39 is 0 Å². The third-order valence-corrected chi connectivity index (χ3v) is 4.07. The van der Waals surface area contributed by atoms with Gasteiger partial charge in [-0.05, 0) is 43.5 Å². The van der Waals surface area contributed by atoms with Crippen molar-refractivity contribution in [3.05, 3.63) is 35.6 Å². The molecule has 6 heteroatoms. The van der Waals surface area contributed by atoms with E-state index in [1.54, 1.807) is 12.1 Å². The summed E-state index contributed by atoms with van der Waals surface area (Å²) in [5.41, 5.74) is 1.04. The van der Waals surface area contributed by atoms with Crippen LogP contribution in [0.5, 0.6) is 0 Å². The average Bonchev–Trinajstić information content (AvgIpc) is 3.00. The molecule has 0 aliphatic carbocycles. The number of esters is 1. The van der Waals surface area contributed by atoms with E-state index in [2.05, 4.69) is 15.0 Å². The van der Waals surface area contributed by atoms with Crippen LogP contribution in [-0.4, -0.2) is 43.5 Å². The van der Waals surface area contributed by atoms with Crippen molar-refractivity contribution in [1.82, 2.24) is 10.2 Å². The molecular formula is C17H23FN2O3. The normalized spacial score (nSPS) is 17.9. The Morgan fingerprint density at radius 2 is 2.09 bits per heavy atom. The van der Waals surface area contributed by atoms with Crippen LogP contribution in [0.25, 0.3) is 0 Å². The van der Waals surface area contributed by atoms with Crippen LogP contribution in [0.2, 0.25) is 0 Å². The molecule has 1 fully saturated rings. The Balaban J connectivity index is 1.78. The second-order valence-electron chi connectivity index (χ2n) is 5.71. The summed E-state index contributed by atoms with van der Waals surface area (Å²) in [5.74, 6) is -0.569. The van der Waals surface area contributed by atoms with Gasteiger partial charge in [-0.3, -0.25) is 14.5 Å². The Morgan fingerprint density at radius 3 is 2.78 bits per heavy atom. The van der Waals surface area contributed by atoms with E-state index in [1.807, 2.05) is 0 Å². The molecule has 1 aromatic rings. The predicted molar refractivity (Wildman–Crippen MR) is 84.2 cm³/mol. The Labute approximate surface area is 135 Å². The number of carbonyl (C=O) groups excluding carboxylic acids is 2. The number of amides is 1. The number of methoxy groups -OCH3 is 1. The van der Waals surface area contributed by atoms with Gasteiger partial charge in [-0.25, -0.2) is 4.39 Å². The number of benzene rings is 1. The molecule has 1 unspecified atom stereocenters. The van der Waals surface area contributed by atoms with Crippen LogP contribution in [0.3, 0.4) is 0 Å². The van der Waals surface area contributed by atoms with Crippen molar-refractivity contribution in [3.8, 4) is 0 Å². The van der Waals surface area contributed by atoms with Gasteiger partial charge >= 0.3 is 5.97 Å². The average molecular weight is 322 g/mol. The van der Waals surface area contributed by atoms with Gasteiger partial charge in [-0.15, -0.1) is 0 Å². The van der Waals surface area contributed by atoms with E-state index in [0.717, 1.165) is 24.9 Å². The van der Waals surface area contributed by atoms with Gasteiger partial charge in [-0.1, -0.05) is 12.1 Å². The van der Waals surface area contributed by atoms with Crippen LogP contribution >= 0.6 is 0 Å². The van der Waals surface area contributed by atoms with E-state index in [4.69, 9.17) is 0 Å². The first-order valence-electron chi connectivity index (χ1n) is 7.93. The highest BCUT2D eigenvalue weighted by Crippen LogP contribution is 2.31. The zero-order chi connectivity index (χ0) is 16.7. The van der Waals surface area contributed by atoms with Crippen molar-refractivity contribution < 1.29 is 18.7 Å². The number of hydrogen-bond donors (Lipinski definition) is 1. The van der Waals surface area contributed by atoms with E-state index in [1.165, 1.54) is 19.2 Å². The standard InChI is InChI=1S/C17H23FN2O3/c1-23-17(22)5-2-10-19-16(21)12-20-11-3-4-15(20)13-6-8-14(18)9-7-13/h6-9,15H,2-5,10-12H2,1H3,(H,19,21). The summed E-state index contributed by atoms with van der Waals surface area (Å²) >= 11 is 0. The van der Waals surface area contributed by atoms with Crippen LogP contribution in [-0.2, 0) is 14.3 Å². The number of rotatable bonds is 7. The number of halogens is 1. The molecule has 0 radical (unpaired) electrons. The fourth-order valence-corrected chi connectivity index (χ4v) is 2.88. The highest BCUT2D eigenvalue weighted by Gasteiger charge is 2.27. The molecule has 1 heterocycles. The van der Waals surface area contributed by atoms with Gasteiger partial charge < -0.3 is 10.1 Å². The number of ether oxygens (including phenoxy) is 1. The topological polar surface area (TPSA) is 58.6 Å². The van der Waals surface area contributed by atoms with E-state index in [0.29, 0.717) is 25.9 Å². The fourth-order valence-electron chi connectivity index (χ4n) is 2.88. The molecule has 0 saturated carbocycles. The lowest BCUT2D eigenvalue weighted by Gasteiger charge is -2.24. The van der Waals surface area contributed by atoms with Gasteiger partial charge in [0.1, 0.15) is 5.82 Å². The monoisotopic (exact) mass is 322 g/mol. The van der Waals surface area contributed by atoms with Gasteiger partial charge in [-0.2, -0.15) is 0 Å². The summed E-state index contributed by atoms with van der Waals surface area (Å²) in [6.45, 7) is 1.64. The highest BCUT2D eigenvalue weighted by atomic mass is 19.1. The Morgan fingerprint density at radius 1 is 1.35 bits per heavy atom. The van der Waals surface area contributed by atoms with Gasteiger partial charge in [0.25, 0.3) is 0 Å². The van der Waals surface area contributed by atoms with Crippen molar-refractivity contribution in [1.29, 1.82) is 0 Å². The molecule has 0 spiro atoms. The molecule has 0 bridgehead atoms. The molecule has 0 aromatic heterocycles. The number of likely N-dealkylation sites (tertiary alicyclic amines) is 1. The van der Waals surface area contributed by atoms with Crippen molar-refractivity contribution in [2.24, 2.45) is 0 Å². The summed E-state index contributed by atoms with van der Waals surface area (Å²) in [4.78, 5) is 25.1. The molecule has 1 N–H and O–H groups in total. The summed E-state index contributed by atoms with van der Waals surface area (Å²) in [6, 6.07) is 6.65. The molecule has 1 atom stereocenters. The van der Waals surface area contributed by atoms with Crippen molar-refractivity contribution in [2.45, 2.75) is 31.7 Å². The first kappa shape index (κ1) is 17.4. The third kappa shape index (κ3) is 5.32. The Hall–Kier alpha value is -1.95. The maximum Gasteiger partial charge on any atom is 0.305 e. The van der Waals surface area contributed by atoms with E-state index >= 15 is 0 Å². The van der Waals surface area contributed by atoms with Crippen LogP contribution in [0.15, 0.2) is 24.3 Å². The molecule has 5 nitrogen and oxygen atoms in total. The molecule has 2 rings (SSSR count). The van der Waals surface area contributed by atoms with Crippen molar-refractivity contribution in [3.63, 3.8) is 0 Å². The molecule has 1 saturated heterocycles. The molecule has 126 valence electrons. The Kier molecular flexibility index (Phi) is 6.52. The lowest BCUT2D eigenvalue weighted by Crippen LogP contribution is -2.37. The molecule has 23 heavy (non-hydrogen) atoms. The quantitative estimate of drug-likeness (QED) is 0.616. The summed E-state index contributed by atoms with van der Waals surface area (Å²) < 4.78 is 17.6. The summed E-state index contributed by atoms with van der Waals surface area (Å²) in [5, 5.41) is 2.82. The maximum atomic E-state index is 13.0. The van der Waals surface area contributed by atoms with Gasteiger partial charge in [0.05, 0.1) is 13.7 Å². The molecule has 1 aliphatic heterocycles. The minimum absolute atomic E-state index is 0.0520. The number of hydrogen-bond acceptors (Lipinski definition) is 4. The largest absolute Gasteiger partial charge is 0.469 e. The maximum absolute atomic E-state index is 13.0. The van der Waals surface area contributed by atoms with Crippen molar-refractivity contribution >= 4 is 11.9 Å². The smallest absolute Gasteiger partial charge is 0.305 e. The van der Waals surface area contributed by atoms with Gasteiger partial charge in [0, 0.05) is 19.0 Å². The SMILES string of the molecule is COC(=O)CCCNC(=O)CN1CCCC1c1ccc(F)cc1. The molecule has 1 aliphatic rings. The fraction of sp³-hybridized carbons (Fsp3) is 0.529. The second kappa shape index (κ2) is 8.62. The first-order chi connectivity index (χ1) is 11.1. The van der Waals surface area contributed by atoms with E-state index in [9.17, 15) is 14.0 Å². The lowest BCUT2D eigenvalue weighted by atomic mass is 10.0. The molecule has 1 aromatic carbocycles. The second-order valence-corrected chi connectivity index (χ2v) is 5.71.